The van der Waals surface area contributed by atoms with Crippen LogP contribution in [0.15, 0.2) is 48.9 Å². The van der Waals surface area contributed by atoms with E-state index in [1.807, 2.05) is 0 Å². The summed E-state index contributed by atoms with van der Waals surface area (Å²) in [7, 11) is 0. The fraction of sp³-hybridized carbons (Fsp3) is 0.364. The Morgan fingerprint density at radius 1 is 1.18 bits per heavy atom. The largest absolute Gasteiger partial charge is 0.417 e. The van der Waals surface area contributed by atoms with Gasteiger partial charge in [0.05, 0.1) is 35.2 Å². The molecule has 180 valence electrons. The van der Waals surface area contributed by atoms with Crippen molar-refractivity contribution in [2.45, 2.75) is 37.9 Å². The molecule has 4 rings (SSSR count). The number of carbonyl (C=O) groups excluding carboxylic acids is 1. The first-order chi connectivity index (χ1) is 16.0. The maximum atomic E-state index is 14.2. The van der Waals surface area contributed by atoms with Crippen molar-refractivity contribution < 1.29 is 26.7 Å². The lowest BCUT2D eigenvalue weighted by Crippen LogP contribution is -2.52. The molecule has 0 aliphatic carbocycles. The molecular formula is C22H21F5N6O. The smallest absolute Gasteiger partial charge is 0.368 e. The van der Waals surface area contributed by atoms with Gasteiger partial charge in [0.25, 0.3) is 11.8 Å². The van der Waals surface area contributed by atoms with E-state index in [4.69, 9.17) is 0 Å². The highest BCUT2D eigenvalue weighted by Crippen LogP contribution is 2.34. The Morgan fingerprint density at radius 2 is 1.91 bits per heavy atom. The monoisotopic (exact) mass is 480 g/mol. The van der Waals surface area contributed by atoms with Crippen LogP contribution in [0.2, 0.25) is 0 Å². The van der Waals surface area contributed by atoms with E-state index in [1.165, 1.54) is 22.1 Å². The zero-order chi connectivity index (χ0) is 24.5. The topological polar surface area (TPSA) is 75.9 Å². The number of amides is 1. The molecule has 1 aliphatic rings. The van der Waals surface area contributed by atoms with Gasteiger partial charge in [0.15, 0.2) is 0 Å². The first-order valence-corrected chi connectivity index (χ1v) is 10.5. The molecule has 1 fully saturated rings. The Bertz CT molecular complexity index is 1150. The highest BCUT2D eigenvalue weighted by atomic mass is 19.4. The van der Waals surface area contributed by atoms with Crippen LogP contribution in [0.5, 0.6) is 0 Å². The molecule has 12 heteroatoms. The van der Waals surface area contributed by atoms with E-state index >= 15 is 0 Å². The van der Waals surface area contributed by atoms with E-state index in [0.29, 0.717) is 11.9 Å². The molecule has 7 nitrogen and oxygen atoms in total. The molecular weight excluding hydrogens is 459 g/mol. The van der Waals surface area contributed by atoms with E-state index in [-0.39, 0.29) is 24.5 Å². The maximum Gasteiger partial charge on any atom is 0.417 e. The molecule has 0 unspecified atom stereocenters. The lowest BCUT2D eigenvalue weighted by Gasteiger charge is -2.39. The highest BCUT2D eigenvalue weighted by molar-refractivity contribution is 5.98. The van der Waals surface area contributed by atoms with Crippen LogP contribution in [0.25, 0.3) is 5.69 Å². The van der Waals surface area contributed by atoms with E-state index in [9.17, 15) is 26.7 Å². The Labute approximate surface area is 191 Å². The average molecular weight is 480 g/mol. The minimum atomic E-state index is -4.53. The molecule has 1 aromatic carbocycles. The zero-order valence-corrected chi connectivity index (χ0v) is 18.1. The molecule has 0 spiro atoms. The predicted octanol–water partition coefficient (Wildman–Crippen LogP) is 4.34. The van der Waals surface area contributed by atoms with E-state index in [0.717, 1.165) is 17.7 Å². The summed E-state index contributed by atoms with van der Waals surface area (Å²) in [6.45, 7) is 1.51. The van der Waals surface area contributed by atoms with Gasteiger partial charge in [-0.2, -0.15) is 28.2 Å². The number of benzene rings is 1. The fourth-order valence-electron chi connectivity index (χ4n) is 3.85. The Hall–Kier alpha value is -3.57. The molecule has 0 radical (unpaired) electrons. The summed E-state index contributed by atoms with van der Waals surface area (Å²) in [5.41, 5.74) is 0.552. The fourth-order valence-corrected chi connectivity index (χ4v) is 3.85. The van der Waals surface area contributed by atoms with Crippen molar-refractivity contribution in [2.24, 2.45) is 0 Å². The molecule has 1 N–H and O–H groups in total. The number of aryl methyl sites for hydroxylation is 1. The number of hydrogen-bond donors (Lipinski definition) is 1. The van der Waals surface area contributed by atoms with Gasteiger partial charge in [-0.1, -0.05) is 11.6 Å². The van der Waals surface area contributed by atoms with Gasteiger partial charge >= 0.3 is 6.18 Å². The number of halogens is 5. The van der Waals surface area contributed by atoms with Gasteiger partial charge in [-0.3, -0.25) is 4.79 Å². The number of hydrogen-bond acceptors (Lipinski definition) is 5. The lowest BCUT2D eigenvalue weighted by atomic mass is 9.96. The van der Waals surface area contributed by atoms with Gasteiger partial charge in [-0.25, -0.2) is 13.8 Å². The minimum absolute atomic E-state index is 0.0891. The number of nitrogens with zero attached hydrogens (tertiary/aromatic N) is 5. The van der Waals surface area contributed by atoms with Crippen LogP contribution in [0, 0.1) is 6.92 Å². The maximum absolute atomic E-state index is 14.2. The van der Waals surface area contributed by atoms with Crippen molar-refractivity contribution in [3.63, 3.8) is 0 Å². The number of pyridine rings is 1. The van der Waals surface area contributed by atoms with Crippen molar-refractivity contribution in [3.8, 4) is 5.69 Å². The third-order valence-corrected chi connectivity index (χ3v) is 5.58. The Kier molecular flexibility index (Phi) is 6.24. The van der Waals surface area contributed by atoms with Gasteiger partial charge in [0.1, 0.15) is 5.82 Å². The van der Waals surface area contributed by atoms with Crippen LogP contribution in [-0.2, 0) is 6.18 Å². The van der Waals surface area contributed by atoms with E-state index < -0.39 is 42.5 Å². The number of anilines is 1. The summed E-state index contributed by atoms with van der Waals surface area (Å²) in [5, 5.41) is 10.9. The molecule has 0 saturated carbocycles. The summed E-state index contributed by atoms with van der Waals surface area (Å²) in [6, 6.07) is 6.17. The van der Waals surface area contributed by atoms with Gasteiger partial charge in [-0.05, 0) is 31.2 Å². The van der Waals surface area contributed by atoms with Crippen LogP contribution in [-0.4, -0.2) is 55.8 Å². The minimum Gasteiger partial charge on any atom is -0.368 e. The number of piperidine rings is 1. The van der Waals surface area contributed by atoms with Gasteiger partial charge < -0.3 is 10.2 Å². The van der Waals surface area contributed by atoms with Gasteiger partial charge in [0.2, 0.25) is 0 Å². The van der Waals surface area contributed by atoms with Crippen LogP contribution < -0.4 is 5.32 Å². The van der Waals surface area contributed by atoms with Gasteiger partial charge in [0, 0.05) is 32.1 Å². The van der Waals surface area contributed by atoms with Crippen molar-refractivity contribution in [1.82, 2.24) is 24.9 Å². The van der Waals surface area contributed by atoms with E-state index in [2.05, 4.69) is 20.5 Å². The SMILES string of the molecule is Cc1ccc(-n2nccn2)c(C(=O)N2CCC(F)(F)C[C@H]2CNc2ccc(C(F)(F)F)cn2)c1. The predicted molar refractivity (Wildman–Crippen MR) is 113 cm³/mol. The molecule has 0 bridgehead atoms. The highest BCUT2D eigenvalue weighted by Gasteiger charge is 2.42. The standard InChI is InChI=1S/C22H21F5N6O/c1-14-2-4-18(33-30-7-8-31-33)17(10-14)20(34)32-9-6-21(23,24)11-16(32)13-29-19-5-3-15(12-28-19)22(25,26)27/h2-5,7-8,10,12,16H,6,9,11,13H2,1H3,(H,28,29)/t16-/m0/s1. The van der Waals surface area contributed by atoms with Crippen molar-refractivity contribution in [3.05, 3.63) is 65.6 Å². The number of rotatable bonds is 5. The summed E-state index contributed by atoms with van der Waals surface area (Å²) >= 11 is 0. The molecule has 3 aromatic rings. The number of alkyl halides is 5. The number of aromatic nitrogens is 4. The third-order valence-electron chi connectivity index (χ3n) is 5.58. The Balaban J connectivity index is 1.57. The Morgan fingerprint density at radius 3 is 2.56 bits per heavy atom. The number of likely N-dealkylation sites (tertiary alicyclic amines) is 1. The first-order valence-electron chi connectivity index (χ1n) is 10.5. The quantitative estimate of drug-likeness (QED) is 0.550. The second-order valence-corrected chi connectivity index (χ2v) is 8.11. The molecule has 1 atom stereocenters. The average Bonchev–Trinajstić information content (AvgIpc) is 3.31. The lowest BCUT2D eigenvalue weighted by molar-refractivity contribution is -0.137. The second kappa shape index (κ2) is 8.99. The van der Waals surface area contributed by atoms with Crippen LogP contribution in [0.1, 0.15) is 34.3 Å². The second-order valence-electron chi connectivity index (χ2n) is 8.11. The molecule has 3 heterocycles. The van der Waals surface area contributed by atoms with Crippen molar-refractivity contribution in [1.29, 1.82) is 0 Å². The molecule has 34 heavy (non-hydrogen) atoms. The summed E-state index contributed by atoms with van der Waals surface area (Å²) < 4.78 is 66.7. The summed E-state index contributed by atoms with van der Waals surface area (Å²) in [5.74, 6) is -3.35. The van der Waals surface area contributed by atoms with Crippen molar-refractivity contribution in [2.75, 3.05) is 18.4 Å². The molecule has 1 amide bonds. The zero-order valence-electron chi connectivity index (χ0n) is 18.1. The normalized spacial score (nSPS) is 18.1. The van der Waals surface area contributed by atoms with Crippen LogP contribution in [0.4, 0.5) is 27.8 Å². The molecule has 1 saturated heterocycles. The van der Waals surface area contributed by atoms with Crippen LogP contribution in [0.3, 0.4) is 0 Å². The number of nitrogens with one attached hydrogen (secondary N) is 1. The molecule has 2 aromatic heterocycles. The van der Waals surface area contributed by atoms with Crippen LogP contribution >= 0.6 is 0 Å². The van der Waals surface area contributed by atoms with E-state index in [1.54, 1.807) is 25.1 Å². The van der Waals surface area contributed by atoms with Crippen molar-refractivity contribution >= 4 is 11.7 Å². The summed E-state index contributed by atoms with van der Waals surface area (Å²) in [6.07, 6.45) is -2.03. The third kappa shape index (κ3) is 5.15. The summed E-state index contributed by atoms with van der Waals surface area (Å²) in [4.78, 5) is 19.9. The first kappa shape index (κ1) is 23.6. The molecule has 1 aliphatic heterocycles. The van der Waals surface area contributed by atoms with Gasteiger partial charge in [-0.15, -0.1) is 0 Å². The number of carbonyl (C=O) groups is 1.